The van der Waals surface area contributed by atoms with Gasteiger partial charge in [0.05, 0.1) is 0 Å². The maximum Gasteiger partial charge on any atom is 0.0414 e. The minimum atomic E-state index is 0.431. The van der Waals surface area contributed by atoms with Crippen LogP contribution in [0, 0.1) is 11.8 Å². The van der Waals surface area contributed by atoms with E-state index in [-0.39, 0.29) is 0 Å². The summed E-state index contributed by atoms with van der Waals surface area (Å²) in [6.07, 6.45) is 2.50. The van der Waals surface area contributed by atoms with E-state index in [9.17, 15) is 0 Å². The molecule has 2 rings (SSSR count). The predicted octanol–water partition coefficient (Wildman–Crippen LogP) is 4.23. The van der Waals surface area contributed by atoms with E-state index in [1.54, 1.807) is 0 Å². The number of para-hydroxylation sites is 1. The molecule has 1 saturated heterocycles. The number of benzene rings is 1. The highest BCUT2D eigenvalue weighted by atomic mass is 15.1. The number of nitrogens with one attached hydrogen (secondary N) is 1. The third kappa shape index (κ3) is 3.54. The molecule has 1 aromatic rings. The van der Waals surface area contributed by atoms with Crippen LogP contribution in [0.3, 0.4) is 0 Å². The van der Waals surface area contributed by atoms with Crippen molar-refractivity contribution in [3.63, 3.8) is 0 Å². The summed E-state index contributed by atoms with van der Waals surface area (Å²) in [6.45, 7) is 12.8. The van der Waals surface area contributed by atoms with E-state index in [0.29, 0.717) is 6.04 Å². The minimum Gasteiger partial charge on any atom is -0.371 e. The van der Waals surface area contributed by atoms with E-state index in [0.717, 1.165) is 18.4 Å². The standard InChI is InChI=1S/C18H30N2/c1-5-11-19-16(4)17-8-6-7-9-18(17)20-12-10-14(2)15(3)13-20/h6-9,14-16,19H,5,10-13H2,1-4H3. The smallest absolute Gasteiger partial charge is 0.0414 e. The molecule has 3 unspecified atom stereocenters. The zero-order valence-corrected chi connectivity index (χ0v) is 13.5. The van der Waals surface area contributed by atoms with E-state index in [1.807, 2.05) is 0 Å². The zero-order valence-electron chi connectivity index (χ0n) is 13.5. The second kappa shape index (κ2) is 7.12. The second-order valence-corrected chi connectivity index (χ2v) is 6.42. The van der Waals surface area contributed by atoms with Crippen LogP contribution in [0.15, 0.2) is 24.3 Å². The lowest BCUT2D eigenvalue weighted by atomic mass is 9.88. The van der Waals surface area contributed by atoms with Crippen molar-refractivity contribution in [3.05, 3.63) is 29.8 Å². The maximum absolute atomic E-state index is 3.62. The Morgan fingerprint density at radius 2 is 2.00 bits per heavy atom. The Morgan fingerprint density at radius 3 is 2.70 bits per heavy atom. The van der Waals surface area contributed by atoms with E-state index in [4.69, 9.17) is 0 Å². The van der Waals surface area contributed by atoms with Gasteiger partial charge in [0.1, 0.15) is 0 Å². The Labute approximate surface area is 124 Å². The molecule has 0 spiro atoms. The summed E-state index contributed by atoms with van der Waals surface area (Å²) < 4.78 is 0. The molecule has 0 amide bonds. The fourth-order valence-corrected chi connectivity index (χ4v) is 3.09. The summed E-state index contributed by atoms with van der Waals surface area (Å²) in [5.74, 6) is 1.64. The van der Waals surface area contributed by atoms with Gasteiger partial charge in [-0.25, -0.2) is 0 Å². The first-order valence-corrected chi connectivity index (χ1v) is 8.20. The maximum atomic E-state index is 3.62. The van der Waals surface area contributed by atoms with Crippen molar-refractivity contribution in [1.82, 2.24) is 5.32 Å². The highest BCUT2D eigenvalue weighted by molar-refractivity contribution is 5.55. The summed E-state index contributed by atoms with van der Waals surface area (Å²) in [7, 11) is 0. The van der Waals surface area contributed by atoms with Gasteiger partial charge in [-0.05, 0) is 49.8 Å². The van der Waals surface area contributed by atoms with E-state index in [2.05, 4.69) is 62.2 Å². The fourth-order valence-electron chi connectivity index (χ4n) is 3.09. The molecule has 0 aliphatic carbocycles. The molecule has 112 valence electrons. The summed E-state index contributed by atoms with van der Waals surface area (Å²) in [5, 5.41) is 3.62. The van der Waals surface area contributed by atoms with Gasteiger partial charge in [-0.1, -0.05) is 39.0 Å². The Bertz CT molecular complexity index is 416. The van der Waals surface area contributed by atoms with Crippen molar-refractivity contribution in [1.29, 1.82) is 0 Å². The lowest BCUT2D eigenvalue weighted by Gasteiger charge is -2.38. The molecule has 3 atom stereocenters. The number of anilines is 1. The Kier molecular flexibility index (Phi) is 5.47. The molecule has 0 bridgehead atoms. The SMILES string of the molecule is CCCNC(C)c1ccccc1N1CCC(C)C(C)C1. The van der Waals surface area contributed by atoms with Crippen LogP contribution in [0.25, 0.3) is 0 Å². The molecule has 0 radical (unpaired) electrons. The highest BCUT2D eigenvalue weighted by Gasteiger charge is 2.24. The van der Waals surface area contributed by atoms with Gasteiger partial charge >= 0.3 is 0 Å². The Morgan fingerprint density at radius 1 is 1.25 bits per heavy atom. The first-order valence-electron chi connectivity index (χ1n) is 8.20. The van der Waals surface area contributed by atoms with Crippen LogP contribution in [0.4, 0.5) is 5.69 Å². The zero-order chi connectivity index (χ0) is 14.5. The fraction of sp³-hybridized carbons (Fsp3) is 0.667. The molecule has 2 nitrogen and oxygen atoms in total. The van der Waals surface area contributed by atoms with Crippen LogP contribution >= 0.6 is 0 Å². The molecule has 1 aromatic carbocycles. The summed E-state index contributed by atoms with van der Waals surface area (Å²) in [5.41, 5.74) is 2.88. The minimum absolute atomic E-state index is 0.431. The number of rotatable bonds is 5. The van der Waals surface area contributed by atoms with Crippen LogP contribution in [0.5, 0.6) is 0 Å². The normalized spacial score (nSPS) is 24.7. The van der Waals surface area contributed by atoms with Gasteiger partial charge in [-0.2, -0.15) is 0 Å². The number of hydrogen-bond donors (Lipinski definition) is 1. The lowest BCUT2D eigenvalue weighted by Crippen LogP contribution is -2.39. The van der Waals surface area contributed by atoms with Crippen LogP contribution < -0.4 is 10.2 Å². The van der Waals surface area contributed by atoms with Gasteiger partial charge < -0.3 is 10.2 Å². The lowest BCUT2D eigenvalue weighted by molar-refractivity contribution is 0.323. The number of nitrogens with zero attached hydrogens (tertiary/aromatic N) is 1. The van der Waals surface area contributed by atoms with Crippen molar-refractivity contribution >= 4 is 5.69 Å². The first-order chi connectivity index (χ1) is 9.63. The summed E-state index contributed by atoms with van der Waals surface area (Å²) >= 11 is 0. The van der Waals surface area contributed by atoms with Gasteiger partial charge in [0, 0.05) is 24.8 Å². The third-order valence-corrected chi connectivity index (χ3v) is 4.78. The molecule has 1 N–H and O–H groups in total. The average molecular weight is 274 g/mol. The Hall–Kier alpha value is -1.02. The van der Waals surface area contributed by atoms with Crippen molar-refractivity contribution in [3.8, 4) is 0 Å². The predicted molar refractivity (Wildman–Crippen MR) is 88.3 cm³/mol. The van der Waals surface area contributed by atoms with Gasteiger partial charge in [0.15, 0.2) is 0 Å². The largest absolute Gasteiger partial charge is 0.371 e. The molecule has 1 aliphatic rings. The molecule has 2 heteroatoms. The number of hydrogen-bond acceptors (Lipinski definition) is 2. The van der Waals surface area contributed by atoms with Crippen molar-refractivity contribution in [2.45, 2.75) is 46.6 Å². The van der Waals surface area contributed by atoms with Crippen molar-refractivity contribution < 1.29 is 0 Å². The van der Waals surface area contributed by atoms with Crippen molar-refractivity contribution in [2.24, 2.45) is 11.8 Å². The summed E-state index contributed by atoms with van der Waals surface area (Å²) in [4.78, 5) is 2.59. The van der Waals surface area contributed by atoms with Gasteiger partial charge in [-0.15, -0.1) is 0 Å². The Balaban J connectivity index is 2.15. The van der Waals surface area contributed by atoms with E-state index >= 15 is 0 Å². The molecule has 1 fully saturated rings. The third-order valence-electron chi connectivity index (χ3n) is 4.78. The number of piperidine rings is 1. The molecule has 0 aromatic heterocycles. The molecule has 1 aliphatic heterocycles. The van der Waals surface area contributed by atoms with Crippen LogP contribution in [-0.4, -0.2) is 19.6 Å². The van der Waals surface area contributed by atoms with Crippen LogP contribution in [0.2, 0.25) is 0 Å². The molecular formula is C18H30N2. The second-order valence-electron chi connectivity index (χ2n) is 6.42. The molecule has 1 heterocycles. The first kappa shape index (κ1) is 15.4. The van der Waals surface area contributed by atoms with Gasteiger partial charge in [0.2, 0.25) is 0 Å². The van der Waals surface area contributed by atoms with Crippen LogP contribution in [0.1, 0.15) is 52.1 Å². The quantitative estimate of drug-likeness (QED) is 0.864. The molecular weight excluding hydrogens is 244 g/mol. The van der Waals surface area contributed by atoms with Crippen LogP contribution in [-0.2, 0) is 0 Å². The summed E-state index contributed by atoms with van der Waals surface area (Å²) in [6, 6.07) is 9.35. The molecule has 0 saturated carbocycles. The molecule has 20 heavy (non-hydrogen) atoms. The highest BCUT2D eigenvalue weighted by Crippen LogP contribution is 2.31. The van der Waals surface area contributed by atoms with E-state index in [1.165, 1.54) is 37.2 Å². The van der Waals surface area contributed by atoms with Gasteiger partial charge in [0.25, 0.3) is 0 Å². The average Bonchev–Trinajstić information content (AvgIpc) is 2.47. The topological polar surface area (TPSA) is 15.3 Å². The van der Waals surface area contributed by atoms with Gasteiger partial charge in [-0.3, -0.25) is 0 Å². The van der Waals surface area contributed by atoms with E-state index < -0.39 is 0 Å². The monoisotopic (exact) mass is 274 g/mol. The van der Waals surface area contributed by atoms with Crippen molar-refractivity contribution in [2.75, 3.05) is 24.5 Å².